The molecule has 5 rings (SSSR count). The summed E-state index contributed by atoms with van der Waals surface area (Å²) in [5.74, 6) is 0.538. The molecule has 2 N–H and O–H groups in total. The minimum Gasteiger partial charge on any atom is -0.495 e. The van der Waals surface area contributed by atoms with E-state index in [0.29, 0.717) is 16.8 Å². The molecule has 170 valence electrons. The summed E-state index contributed by atoms with van der Waals surface area (Å²) in [5.41, 5.74) is 5.34. The number of rotatable bonds is 7. The number of aromatic nitrogens is 3. The molecular weight excluding hydrogens is 438 g/mol. The lowest BCUT2D eigenvalue weighted by Gasteiger charge is -2.19. The SMILES string of the molecule is COc1cc(CO)c(-c2cn3ccc(N4CC[C@H](NCc5ccccn5)C4)cc3n2)cc1Cl. The molecule has 1 aromatic carbocycles. The van der Waals surface area contributed by atoms with Gasteiger partial charge in [0.2, 0.25) is 0 Å². The van der Waals surface area contributed by atoms with Gasteiger partial charge in [0, 0.05) is 61.6 Å². The average Bonchev–Trinajstić information content (AvgIpc) is 3.50. The van der Waals surface area contributed by atoms with Crippen LogP contribution in [0.4, 0.5) is 5.69 Å². The van der Waals surface area contributed by atoms with Crippen LogP contribution in [0.1, 0.15) is 17.7 Å². The highest BCUT2D eigenvalue weighted by Crippen LogP contribution is 2.34. The number of aliphatic hydroxyl groups is 1. The van der Waals surface area contributed by atoms with Crippen molar-refractivity contribution < 1.29 is 9.84 Å². The van der Waals surface area contributed by atoms with Gasteiger partial charge in [0.25, 0.3) is 0 Å². The third-order valence-electron chi connectivity index (χ3n) is 6.12. The Labute approximate surface area is 197 Å². The summed E-state index contributed by atoms with van der Waals surface area (Å²) in [6, 6.07) is 14.2. The van der Waals surface area contributed by atoms with Gasteiger partial charge in [-0.3, -0.25) is 4.98 Å². The van der Waals surface area contributed by atoms with Gasteiger partial charge in [0.15, 0.2) is 0 Å². The average molecular weight is 464 g/mol. The molecule has 1 saturated heterocycles. The minimum atomic E-state index is -0.122. The van der Waals surface area contributed by atoms with Gasteiger partial charge >= 0.3 is 0 Å². The maximum atomic E-state index is 9.84. The van der Waals surface area contributed by atoms with Crippen molar-refractivity contribution in [2.24, 2.45) is 0 Å². The normalized spacial score (nSPS) is 16.0. The lowest BCUT2D eigenvalue weighted by molar-refractivity contribution is 0.281. The van der Waals surface area contributed by atoms with Gasteiger partial charge in [-0.05, 0) is 42.3 Å². The van der Waals surface area contributed by atoms with Crippen molar-refractivity contribution in [2.45, 2.75) is 25.6 Å². The van der Waals surface area contributed by atoms with Crippen molar-refractivity contribution in [3.63, 3.8) is 0 Å². The third-order valence-corrected chi connectivity index (χ3v) is 6.41. The Hall–Kier alpha value is -3.13. The fourth-order valence-electron chi connectivity index (χ4n) is 4.33. The highest BCUT2D eigenvalue weighted by atomic mass is 35.5. The maximum Gasteiger partial charge on any atom is 0.139 e. The van der Waals surface area contributed by atoms with Crippen LogP contribution in [0.3, 0.4) is 0 Å². The number of nitrogens with zero attached hydrogens (tertiary/aromatic N) is 4. The summed E-state index contributed by atoms with van der Waals surface area (Å²) in [7, 11) is 1.56. The van der Waals surface area contributed by atoms with Gasteiger partial charge in [0.1, 0.15) is 11.4 Å². The lowest BCUT2D eigenvalue weighted by atomic mass is 10.1. The number of aliphatic hydroxyl groups excluding tert-OH is 1. The number of hydrogen-bond acceptors (Lipinski definition) is 6. The molecule has 0 spiro atoms. The first-order chi connectivity index (χ1) is 16.1. The van der Waals surface area contributed by atoms with Crippen LogP contribution < -0.4 is 15.0 Å². The van der Waals surface area contributed by atoms with Gasteiger partial charge in [-0.1, -0.05) is 17.7 Å². The van der Waals surface area contributed by atoms with Crippen LogP contribution >= 0.6 is 11.6 Å². The summed E-state index contributed by atoms with van der Waals surface area (Å²) >= 11 is 6.34. The first-order valence-corrected chi connectivity index (χ1v) is 11.4. The van der Waals surface area contributed by atoms with E-state index in [9.17, 15) is 5.11 Å². The molecule has 1 fully saturated rings. The summed E-state index contributed by atoms with van der Waals surface area (Å²) in [6.07, 6.45) is 6.90. The Balaban J connectivity index is 1.33. The molecule has 0 unspecified atom stereocenters. The van der Waals surface area contributed by atoms with Crippen molar-refractivity contribution in [3.05, 3.63) is 77.3 Å². The van der Waals surface area contributed by atoms with E-state index in [4.69, 9.17) is 21.3 Å². The first-order valence-electron chi connectivity index (χ1n) is 11.0. The fourth-order valence-corrected chi connectivity index (χ4v) is 4.57. The largest absolute Gasteiger partial charge is 0.495 e. The third kappa shape index (κ3) is 4.53. The Bertz CT molecular complexity index is 1260. The monoisotopic (exact) mass is 463 g/mol. The summed E-state index contributed by atoms with van der Waals surface area (Å²) in [6.45, 7) is 2.59. The molecule has 0 radical (unpaired) electrons. The van der Waals surface area contributed by atoms with Crippen LogP contribution in [0.25, 0.3) is 16.9 Å². The molecule has 3 aromatic heterocycles. The van der Waals surface area contributed by atoms with Crippen LogP contribution in [-0.2, 0) is 13.2 Å². The number of anilines is 1. The van der Waals surface area contributed by atoms with Gasteiger partial charge in [-0.15, -0.1) is 0 Å². The molecular formula is C25H26ClN5O2. The molecule has 33 heavy (non-hydrogen) atoms. The predicted molar refractivity (Wildman–Crippen MR) is 130 cm³/mol. The van der Waals surface area contributed by atoms with Gasteiger partial charge in [0.05, 0.1) is 30.1 Å². The second-order valence-corrected chi connectivity index (χ2v) is 8.62. The molecule has 0 aliphatic carbocycles. The summed E-state index contributed by atoms with van der Waals surface area (Å²) in [4.78, 5) is 11.6. The summed E-state index contributed by atoms with van der Waals surface area (Å²) < 4.78 is 7.27. The highest BCUT2D eigenvalue weighted by molar-refractivity contribution is 6.32. The predicted octanol–water partition coefficient (Wildman–Crippen LogP) is 3.92. The van der Waals surface area contributed by atoms with Gasteiger partial charge in [-0.25, -0.2) is 4.98 Å². The Morgan fingerprint density at radius 1 is 1.24 bits per heavy atom. The molecule has 8 heteroatoms. The summed E-state index contributed by atoms with van der Waals surface area (Å²) in [5, 5.41) is 14.0. The quantitative estimate of drug-likeness (QED) is 0.432. The Kier molecular flexibility index (Phi) is 6.17. The Morgan fingerprint density at radius 3 is 2.94 bits per heavy atom. The van der Waals surface area contributed by atoms with E-state index in [-0.39, 0.29) is 6.61 Å². The molecule has 1 atom stereocenters. The second kappa shape index (κ2) is 9.39. The van der Waals surface area contributed by atoms with Crippen molar-refractivity contribution >= 4 is 22.9 Å². The molecule has 1 aliphatic heterocycles. The van der Waals surface area contributed by atoms with Crippen molar-refractivity contribution in [2.75, 3.05) is 25.1 Å². The standard InChI is InChI=1S/C25H26ClN5O2/c1-33-24-10-17(16-32)21(12-22(24)26)23-15-31-9-6-20(11-25(31)29-23)30-8-5-19(14-30)28-13-18-4-2-3-7-27-18/h2-4,6-7,9-12,15,19,28,32H,5,8,13-14,16H2,1H3/t19-/m0/s1. The van der Waals surface area contributed by atoms with E-state index in [2.05, 4.69) is 27.3 Å². The number of fused-ring (bicyclic) bond motifs is 1. The zero-order valence-electron chi connectivity index (χ0n) is 18.4. The highest BCUT2D eigenvalue weighted by Gasteiger charge is 2.23. The van der Waals surface area contributed by atoms with Crippen molar-refractivity contribution in [3.8, 4) is 17.0 Å². The van der Waals surface area contributed by atoms with E-state index in [0.717, 1.165) is 59.9 Å². The fraction of sp³-hybridized carbons (Fsp3) is 0.280. The number of hydrogen-bond donors (Lipinski definition) is 2. The van der Waals surface area contributed by atoms with Crippen LogP contribution in [0, 0.1) is 0 Å². The van der Waals surface area contributed by atoms with Gasteiger partial charge in [-0.2, -0.15) is 0 Å². The van der Waals surface area contributed by atoms with E-state index < -0.39 is 0 Å². The Morgan fingerprint density at radius 2 is 2.15 bits per heavy atom. The zero-order chi connectivity index (χ0) is 22.8. The number of methoxy groups -OCH3 is 1. The van der Waals surface area contributed by atoms with E-state index in [1.807, 2.05) is 41.2 Å². The van der Waals surface area contributed by atoms with Crippen molar-refractivity contribution in [1.29, 1.82) is 0 Å². The number of halogens is 1. The zero-order valence-corrected chi connectivity index (χ0v) is 19.2. The smallest absolute Gasteiger partial charge is 0.139 e. The number of imidazole rings is 1. The van der Waals surface area contributed by atoms with Crippen LogP contribution in [0.2, 0.25) is 5.02 Å². The van der Waals surface area contributed by atoms with Crippen LogP contribution in [-0.4, -0.2) is 45.7 Å². The second-order valence-electron chi connectivity index (χ2n) is 8.21. The van der Waals surface area contributed by atoms with E-state index in [1.165, 1.54) is 0 Å². The molecule has 0 amide bonds. The lowest BCUT2D eigenvalue weighted by Crippen LogP contribution is -2.32. The van der Waals surface area contributed by atoms with E-state index >= 15 is 0 Å². The number of ether oxygens (including phenoxy) is 1. The van der Waals surface area contributed by atoms with Crippen molar-refractivity contribution in [1.82, 2.24) is 19.7 Å². The topological polar surface area (TPSA) is 74.9 Å². The molecule has 1 aliphatic rings. The maximum absolute atomic E-state index is 9.84. The van der Waals surface area contributed by atoms with Crippen LogP contribution in [0.15, 0.2) is 61.1 Å². The first kappa shape index (κ1) is 21.7. The minimum absolute atomic E-state index is 0.122. The molecule has 4 aromatic rings. The number of benzene rings is 1. The van der Waals surface area contributed by atoms with Gasteiger partial charge < -0.3 is 24.5 Å². The van der Waals surface area contributed by atoms with Crippen LogP contribution in [0.5, 0.6) is 5.75 Å². The number of nitrogens with one attached hydrogen (secondary N) is 1. The number of pyridine rings is 2. The molecule has 0 saturated carbocycles. The molecule has 7 nitrogen and oxygen atoms in total. The molecule has 4 heterocycles. The molecule has 0 bridgehead atoms. The van der Waals surface area contributed by atoms with E-state index in [1.54, 1.807) is 19.2 Å².